The summed E-state index contributed by atoms with van der Waals surface area (Å²) in [6.07, 6.45) is 1.19. The highest BCUT2D eigenvalue weighted by molar-refractivity contribution is 9.10. The fourth-order valence-corrected chi connectivity index (χ4v) is 4.10. The van der Waals surface area contributed by atoms with Crippen LogP contribution in [-0.2, 0) is 22.6 Å². The van der Waals surface area contributed by atoms with E-state index < -0.39 is 6.04 Å². The molecule has 0 aliphatic carbocycles. The minimum atomic E-state index is -0.701. The summed E-state index contributed by atoms with van der Waals surface area (Å²) in [5.74, 6) is 0.101. The highest BCUT2D eigenvalue weighted by Gasteiger charge is 2.31. The third-order valence-electron chi connectivity index (χ3n) is 6.03. The number of carbonyl (C=O) groups is 2. The number of hydrogen-bond acceptors (Lipinski definition) is 3. The van der Waals surface area contributed by atoms with E-state index in [0.29, 0.717) is 17.2 Å². The average Bonchev–Trinajstić information content (AvgIpc) is 2.88. The van der Waals surface area contributed by atoms with Gasteiger partial charge < -0.3 is 15.0 Å². The Morgan fingerprint density at radius 3 is 2.36 bits per heavy atom. The van der Waals surface area contributed by atoms with Crippen molar-refractivity contribution in [3.8, 4) is 5.75 Å². The van der Waals surface area contributed by atoms with Gasteiger partial charge in [-0.2, -0.15) is 0 Å². The maximum atomic E-state index is 13.6. The average molecular weight is 572 g/mol. The molecule has 3 aromatic carbocycles. The molecule has 3 aromatic rings. The van der Waals surface area contributed by atoms with Crippen LogP contribution in [0.15, 0.2) is 77.3 Å². The van der Waals surface area contributed by atoms with Gasteiger partial charge >= 0.3 is 0 Å². The van der Waals surface area contributed by atoms with Gasteiger partial charge in [0, 0.05) is 28.5 Å². The number of carbonyl (C=O) groups excluding carboxylic acids is 2. The molecule has 0 spiro atoms. The van der Waals surface area contributed by atoms with Crippen molar-refractivity contribution in [2.75, 3.05) is 6.61 Å². The first-order valence-corrected chi connectivity index (χ1v) is 13.2. The molecule has 0 aliphatic rings. The van der Waals surface area contributed by atoms with Gasteiger partial charge in [0.15, 0.2) is 6.61 Å². The molecule has 2 atom stereocenters. The molecule has 7 heteroatoms. The predicted molar refractivity (Wildman–Crippen MR) is 148 cm³/mol. The minimum absolute atomic E-state index is 0.00583. The third-order valence-corrected chi connectivity index (χ3v) is 6.98. The van der Waals surface area contributed by atoms with Gasteiger partial charge in [0.2, 0.25) is 5.91 Å². The summed E-state index contributed by atoms with van der Waals surface area (Å²) in [5.41, 5.74) is 2.76. The second kappa shape index (κ2) is 13.5. The SMILES string of the molecule is CC[C@@H](C)NC(=O)[C@H](Cc1ccccc1)N(Cc1ccc(Br)cc1)C(=O)COc1ccc(Cl)c(C)c1. The Labute approximate surface area is 226 Å². The van der Waals surface area contributed by atoms with Crippen LogP contribution in [0.4, 0.5) is 0 Å². The molecule has 1 N–H and O–H groups in total. The Balaban J connectivity index is 1.90. The number of nitrogens with zero attached hydrogens (tertiary/aromatic N) is 1. The normalized spacial score (nSPS) is 12.5. The van der Waals surface area contributed by atoms with Crippen LogP contribution in [0.25, 0.3) is 0 Å². The van der Waals surface area contributed by atoms with E-state index >= 15 is 0 Å². The Morgan fingerprint density at radius 1 is 1.03 bits per heavy atom. The summed E-state index contributed by atoms with van der Waals surface area (Å²) < 4.78 is 6.78. The lowest BCUT2D eigenvalue weighted by Crippen LogP contribution is -2.53. The maximum absolute atomic E-state index is 13.6. The van der Waals surface area contributed by atoms with Crippen LogP contribution in [0.3, 0.4) is 0 Å². The fourth-order valence-electron chi connectivity index (χ4n) is 3.72. The van der Waals surface area contributed by atoms with E-state index in [-0.39, 0.29) is 31.0 Å². The molecule has 0 heterocycles. The quantitative estimate of drug-likeness (QED) is 0.292. The van der Waals surface area contributed by atoms with E-state index in [4.69, 9.17) is 16.3 Å². The van der Waals surface area contributed by atoms with Crippen molar-refractivity contribution in [2.24, 2.45) is 0 Å². The van der Waals surface area contributed by atoms with Crippen LogP contribution in [-0.4, -0.2) is 35.4 Å². The van der Waals surface area contributed by atoms with Gasteiger partial charge in [-0.15, -0.1) is 0 Å². The first-order chi connectivity index (χ1) is 17.3. The largest absolute Gasteiger partial charge is 0.484 e. The van der Waals surface area contributed by atoms with Gasteiger partial charge in [0.25, 0.3) is 5.91 Å². The molecule has 0 aliphatic heterocycles. The Bertz CT molecular complexity index is 1150. The van der Waals surface area contributed by atoms with Crippen molar-refractivity contribution in [3.05, 3.63) is 99.0 Å². The van der Waals surface area contributed by atoms with Gasteiger partial charge in [0.1, 0.15) is 11.8 Å². The highest BCUT2D eigenvalue weighted by Crippen LogP contribution is 2.22. The van der Waals surface area contributed by atoms with Crippen molar-refractivity contribution in [2.45, 2.75) is 52.2 Å². The minimum Gasteiger partial charge on any atom is -0.484 e. The summed E-state index contributed by atoms with van der Waals surface area (Å²) in [5, 5.41) is 3.71. The molecule has 0 saturated heterocycles. The Hall–Kier alpha value is -2.83. The zero-order valence-corrected chi connectivity index (χ0v) is 23.2. The van der Waals surface area contributed by atoms with Crippen LogP contribution in [0.5, 0.6) is 5.75 Å². The lowest BCUT2D eigenvalue weighted by atomic mass is 10.0. The van der Waals surface area contributed by atoms with Crippen LogP contribution >= 0.6 is 27.5 Å². The summed E-state index contributed by atoms with van der Waals surface area (Å²) in [6.45, 7) is 5.94. The van der Waals surface area contributed by atoms with E-state index in [1.54, 1.807) is 23.1 Å². The van der Waals surface area contributed by atoms with Gasteiger partial charge in [-0.25, -0.2) is 0 Å². The monoisotopic (exact) mass is 570 g/mol. The van der Waals surface area contributed by atoms with Crippen molar-refractivity contribution < 1.29 is 14.3 Å². The number of nitrogens with one attached hydrogen (secondary N) is 1. The molecule has 190 valence electrons. The van der Waals surface area contributed by atoms with Crippen molar-refractivity contribution in [3.63, 3.8) is 0 Å². The number of ether oxygens (including phenoxy) is 1. The van der Waals surface area contributed by atoms with Gasteiger partial charge in [0.05, 0.1) is 0 Å². The third kappa shape index (κ3) is 8.10. The van der Waals surface area contributed by atoms with Crippen molar-refractivity contribution >= 4 is 39.3 Å². The second-order valence-corrected chi connectivity index (χ2v) is 10.2. The zero-order valence-electron chi connectivity index (χ0n) is 20.8. The predicted octanol–water partition coefficient (Wildman–Crippen LogP) is 6.34. The molecule has 2 amide bonds. The lowest BCUT2D eigenvalue weighted by Gasteiger charge is -2.32. The van der Waals surface area contributed by atoms with Crippen LogP contribution in [0, 0.1) is 6.92 Å². The van der Waals surface area contributed by atoms with Gasteiger partial charge in [-0.3, -0.25) is 9.59 Å². The number of rotatable bonds is 11. The molecule has 0 bridgehead atoms. The van der Waals surface area contributed by atoms with E-state index in [1.807, 2.05) is 75.4 Å². The molecule has 0 fully saturated rings. The summed E-state index contributed by atoms with van der Waals surface area (Å²) in [7, 11) is 0. The van der Waals surface area contributed by atoms with Crippen LogP contribution < -0.4 is 10.1 Å². The topological polar surface area (TPSA) is 58.6 Å². The Morgan fingerprint density at radius 2 is 1.72 bits per heavy atom. The summed E-state index contributed by atoms with van der Waals surface area (Å²) >= 11 is 9.58. The number of halogens is 2. The molecular formula is C29H32BrClN2O3. The number of aryl methyl sites for hydroxylation is 1. The smallest absolute Gasteiger partial charge is 0.261 e. The lowest BCUT2D eigenvalue weighted by molar-refractivity contribution is -0.143. The standard InChI is InChI=1S/C29H32BrClN2O3/c1-4-21(3)32-29(35)27(17-22-8-6-5-7-9-22)33(18-23-10-12-24(30)13-11-23)28(34)19-36-25-14-15-26(31)20(2)16-25/h5-16,21,27H,4,17-19H2,1-3H3,(H,32,35)/t21-,27+/m1/s1. The van der Waals surface area contributed by atoms with Crippen molar-refractivity contribution in [1.82, 2.24) is 10.2 Å². The molecule has 0 unspecified atom stereocenters. The number of hydrogen-bond donors (Lipinski definition) is 1. The first kappa shape index (κ1) is 27.8. The van der Waals surface area contributed by atoms with Crippen LogP contribution in [0.2, 0.25) is 5.02 Å². The second-order valence-electron chi connectivity index (χ2n) is 8.87. The van der Waals surface area contributed by atoms with E-state index in [9.17, 15) is 9.59 Å². The molecule has 5 nitrogen and oxygen atoms in total. The molecule has 3 rings (SSSR count). The van der Waals surface area contributed by atoms with Crippen LogP contribution in [0.1, 0.15) is 37.0 Å². The maximum Gasteiger partial charge on any atom is 0.261 e. The fraction of sp³-hybridized carbons (Fsp3) is 0.310. The molecule has 0 radical (unpaired) electrons. The van der Waals surface area contributed by atoms with Crippen molar-refractivity contribution in [1.29, 1.82) is 0 Å². The Kier molecular flexibility index (Phi) is 10.4. The van der Waals surface area contributed by atoms with E-state index in [0.717, 1.165) is 27.6 Å². The molecule has 0 aromatic heterocycles. The zero-order chi connectivity index (χ0) is 26.1. The molecular weight excluding hydrogens is 540 g/mol. The first-order valence-electron chi connectivity index (χ1n) is 12.0. The molecule has 0 saturated carbocycles. The highest BCUT2D eigenvalue weighted by atomic mass is 79.9. The van der Waals surface area contributed by atoms with E-state index in [2.05, 4.69) is 21.2 Å². The van der Waals surface area contributed by atoms with Gasteiger partial charge in [-0.05, 0) is 67.3 Å². The number of benzene rings is 3. The summed E-state index contributed by atoms with van der Waals surface area (Å²) in [4.78, 5) is 28.7. The molecule has 36 heavy (non-hydrogen) atoms. The van der Waals surface area contributed by atoms with Gasteiger partial charge in [-0.1, -0.05) is 76.9 Å². The summed E-state index contributed by atoms with van der Waals surface area (Å²) in [6, 6.07) is 22.1. The van der Waals surface area contributed by atoms with E-state index in [1.165, 1.54) is 0 Å². The number of amides is 2.